The number of benzene rings is 2. The van der Waals surface area contributed by atoms with Gasteiger partial charge in [-0.3, -0.25) is 9.20 Å². The van der Waals surface area contributed by atoms with Gasteiger partial charge in [0.2, 0.25) is 0 Å². The molecule has 0 atom stereocenters. The number of hydrogen-bond acceptors (Lipinski definition) is 7. The first-order valence-corrected chi connectivity index (χ1v) is 13.7. The second-order valence-corrected chi connectivity index (χ2v) is 10.6. The van der Waals surface area contributed by atoms with Gasteiger partial charge in [0, 0.05) is 23.5 Å². The smallest absolute Gasteiger partial charge is 0.255 e. The van der Waals surface area contributed by atoms with Crippen molar-refractivity contribution in [3.8, 4) is 17.1 Å². The van der Waals surface area contributed by atoms with Crippen LogP contribution in [0.1, 0.15) is 39.5 Å². The Morgan fingerprint density at radius 2 is 1.87 bits per heavy atom. The van der Waals surface area contributed by atoms with E-state index in [4.69, 9.17) is 25.2 Å². The molecule has 0 bridgehead atoms. The molecule has 0 spiro atoms. The summed E-state index contributed by atoms with van der Waals surface area (Å²) in [4.78, 5) is 22.6. The number of imidazole rings is 1. The number of nitrogens with zero attached hydrogens (tertiary/aromatic N) is 3. The van der Waals surface area contributed by atoms with Crippen LogP contribution >= 0.6 is 11.3 Å². The number of nitrogens with one attached hydrogen (secondary N) is 1. The first kappa shape index (κ1) is 25.1. The first-order valence-electron chi connectivity index (χ1n) is 12.8. The summed E-state index contributed by atoms with van der Waals surface area (Å²) in [5, 5.41) is 6.08. The molecule has 3 aromatic heterocycles. The molecule has 6 rings (SSSR count). The molecule has 0 unspecified atom stereocenters. The molecule has 1 aliphatic carbocycles. The topological polar surface area (TPSA) is 104 Å². The predicted molar refractivity (Wildman–Crippen MR) is 154 cm³/mol. The minimum absolute atomic E-state index is 0.120. The van der Waals surface area contributed by atoms with Gasteiger partial charge >= 0.3 is 0 Å². The summed E-state index contributed by atoms with van der Waals surface area (Å²) in [5.74, 6) is 0.570. The van der Waals surface area contributed by atoms with E-state index in [-0.39, 0.29) is 11.3 Å². The van der Waals surface area contributed by atoms with E-state index in [0.717, 1.165) is 46.3 Å². The number of thiazole rings is 1. The summed E-state index contributed by atoms with van der Waals surface area (Å²) < 4.78 is 13.0. The molecule has 198 valence electrons. The lowest BCUT2D eigenvalue weighted by Gasteiger charge is -2.14. The Morgan fingerprint density at radius 1 is 1.08 bits per heavy atom. The molecule has 9 heteroatoms. The molecule has 8 nitrogen and oxygen atoms in total. The van der Waals surface area contributed by atoms with Gasteiger partial charge in [0.05, 0.1) is 35.6 Å². The van der Waals surface area contributed by atoms with Crippen molar-refractivity contribution in [2.24, 2.45) is 0 Å². The lowest BCUT2D eigenvalue weighted by Crippen LogP contribution is -2.14. The van der Waals surface area contributed by atoms with Crippen LogP contribution in [0, 0.1) is 6.92 Å². The number of nitrogens with two attached hydrogens (primary N) is 1. The lowest BCUT2D eigenvalue weighted by molar-refractivity contribution is 0.102. The zero-order valence-electron chi connectivity index (χ0n) is 21.8. The maximum atomic E-state index is 12.8. The first-order chi connectivity index (χ1) is 19.0. The van der Waals surface area contributed by atoms with Crippen molar-refractivity contribution in [3.05, 3.63) is 94.1 Å². The van der Waals surface area contributed by atoms with Gasteiger partial charge in [-0.1, -0.05) is 24.3 Å². The van der Waals surface area contributed by atoms with E-state index in [2.05, 4.69) is 10.7 Å². The second-order valence-electron chi connectivity index (χ2n) is 9.72. The van der Waals surface area contributed by atoms with E-state index in [1.165, 1.54) is 5.56 Å². The van der Waals surface area contributed by atoms with Crippen LogP contribution in [0.25, 0.3) is 17.0 Å². The number of methoxy groups -OCH3 is 1. The number of ether oxygens (including phenoxy) is 2. The number of para-hydroxylation sites is 2. The van der Waals surface area contributed by atoms with Crippen LogP contribution in [-0.4, -0.2) is 40.6 Å². The second kappa shape index (κ2) is 10.2. The van der Waals surface area contributed by atoms with Gasteiger partial charge in [-0.2, -0.15) is 0 Å². The lowest BCUT2D eigenvalue weighted by atomic mass is 9.95. The standard InChI is InChI=1S/C30H29N5O3S/c1-19-27(35-17-22(38-16-15-37-2)11-12-26(35)32-19)25-18-39-29(34-25)30(13-14-30)21-9-7-20(8-10-21)28(36)33-24-6-4-3-5-23(24)31/h3-12,17-18H,13-16,31H2,1-2H3,(H,33,36). The Hall–Kier alpha value is -4.21. The van der Waals surface area contributed by atoms with E-state index in [1.807, 2.05) is 66.1 Å². The Labute approximate surface area is 230 Å². The highest BCUT2D eigenvalue weighted by Crippen LogP contribution is 2.54. The summed E-state index contributed by atoms with van der Waals surface area (Å²) in [6.07, 6.45) is 4.00. The molecule has 0 aliphatic heterocycles. The molecule has 1 amide bonds. The minimum atomic E-state index is -0.186. The van der Waals surface area contributed by atoms with Crippen LogP contribution in [0.2, 0.25) is 0 Å². The van der Waals surface area contributed by atoms with Crippen LogP contribution in [0.15, 0.2) is 72.2 Å². The predicted octanol–water partition coefficient (Wildman–Crippen LogP) is 5.71. The van der Waals surface area contributed by atoms with Crippen molar-refractivity contribution in [1.82, 2.24) is 14.4 Å². The summed E-state index contributed by atoms with van der Waals surface area (Å²) in [6.45, 7) is 3.01. The van der Waals surface area contributed by atoms with Crippen LogP contribution in [0.5, 0.6) is 5.75 Å². The summed E-state index contributed by atoms with van der Waals surface area (Å²) >= 11 is 1.67. The summed E-state index contributed by atoms with van der Waals surface area (Å²) in [5.41, 5.74) is 12.4. The van der Waals surface area contributed by atoms with Crippen molar-refractivity contribution < 1.29 is 14.3 Å². The summed E-state index contributed by atoms with van der Waals surface area (Å²) in [6, 6.07) is 19.0. The molecular formula is C30H29N5O3S. The third-order valence-corrected chi connectivity index (χ3v) is 8.18. The number of amides is 1. The number of hydrogen-bond donors (Lipinski definition) is 2. The third kappa shape index (κ3) is 4.75. The SMILES string of the molecule is COCCOc1ccc2nc(C)c(-c3csc(C4(c5ccc(C(=O)Nc6ccccc6N)cc5)CC4)n3)n2c1. The number of fused-ring (bicyclic) bond motifs is 1. The molecule has 3 heterocycles. The fourth-order valence-electron chi connectivity index (χ4n) is 4.88. The highest BCUT2D eigenvalue weighted by atomic mass is 32.1. The van der Waals surface area contributed by atoms with Gasteiger partial charge < -0.3 is 20.5 Å². The Morgan fingerprint density at radius 3 is 2.62 bits per heavy atom. The zero-order valence-corrected chi connectivity index (χ0v) is 22.6. The monoisotopic (exact) mass is 539 g/mol. The van der Waals surface area contributed by atoms with Gasteiger partial charge in [-0.05, 0) is 61.7 Å². The zero-order chi connectivity index (χ0) is 27.0. The van der Waals surface area contributed by atoms with Crippen molar-refractivity contribution in [3.63, 3.8) is 0 Å². The number of aryl methyl sites for hydroxylation is 1. The molecule has 39 heavy (non-hydrogen) atoms. The van der Waals surface area contributed by atoms with Gasteiger partial charge in [-0.15, -0.1) is 11.3 Å². The molecule has 3 N–H and O–H groups in total. The Kier molecular flexibility index (Phi) is 6.54. The molecule has 1 aliphatic rings. The highest BCUT2D eigenvalue weighted by Gasteiger charge is 2.48. The number of nitrogen functional groups attached to an aromatic ring is 1. The molecule has 1 fully saturated rings. The molecule has 1 saturated carbocycles. The van der Waals surface area contributed by atoms with Crippen LogP contribution < -0.4 is 15.8 Å². The van der Waals surface area contributed by atoms with E-state index in [0.29, 0.717) is 30.2 Å². The third-order valence-electron chi connectivity index (χ3n) is 7.14. The largest absolute Gasteiger partial charge is 0.490 e. The maximum absolute atomic E-state index is 12.8. The van der Waals surface area contributed by atoms with Gasteiger partial charge in [-0.25, -0.2) is 9.97 Å². The molecule has 0 radical (unpaired) electrons. The quantitative estimate of drug-likeness (QED) is 0.184. The van der Waals surface area contributed by atoms with E-state index < -0.39 is 0 Å². The minimum Gasteiger partial charge on any atom is -0.490 e. The van der Waals surface area contributed by atoms with Crippen molar-refractivity contribution in [1.29, 1.82) is 0 Å². The molecule has 0 saturated heterocycles. The van der Waals surface area contributed by atoms with E-state index in [1.54, 1.807) is 30.6 Å². The number of rotatable bonds is 9. The van der Waals surface area contributed by atoms with Crippen LogP contribution in [-0.2, 0) is 10.2 Å². The number of carbonyl (C=O) groups is 1. The van der Waals surface area contributed by atoms with E-state index in [9.17, 15) is 4.79 Å². The number of pyridine rings is 1. The number of carbonyl (C=O) groups excluding carboxylic acids is 1. The van der Waals surface area contributed by atoms with Gasteiger partial charge in [0.15, 0.2) is 0 Å². The fourth-order valence-corrected chi connectivity index (χ4v) is 5.97. The Balaban J connectivity index is 1.24. The van der Waals surface area contributed by atoms with Gasteiger partial charge in [0.1, 0.15) is 28.7 Å². The van der Waals surface area contributed by atoms with E-state index >= 15 is 0 Å². The molecular weight excluding hydrogens is 510 g/mol. The van der Waals surface area contributed by atoms with Crippen molar-refractivity contribution >= 4 is 34.3 Å². The van der Waals surface area contributed by atoms with Gasteiger partial charge in [0.25, 0.3) is 5.91 Å². The molecule has 2 aromatic carbocycles. The normalized spacial score (nSPS) is 13.9. The van der Waals surface area contributed by atoms with Crippen LogP contribution in [0.4, 0.5) is 11.4 Å². The van der Waals surface area contributed by atoms with Crippen molar-refractivity contribution in [2.45, 2.75) is 25.2 Å². The molecule has 5 aromatic rings. The number of anilines is 2. The summed E-state index contributed by atoms with van der Waals surface area (Å²) in [7, 11) is 1.66. The Bertz CT molecular complexity index is 1650. The highest BCUT2D eigenvalue weighted by molar-refractivity contribution is 7.10. The maximum Gasteiger partial charge on any atom is 0.255 e. The average molecular weight is 540 g/mol. The average Bonchev–Trinajstić information content (AvgIpc) is 3.49. The number of aromatic nitrogens is 3. The fraction of sp³-hybridized carbons (Fsp3) is 0.233. The van der Waals surface area contributed by atoms with Crippen LogP contribution in [0.3, 0.4) is 0 Å². The van der Waals surface area contributed by atoms with Crippen molar-refractivity contribution in [2.75, 3.05) is 31.4 Å².